The molecule has 0 aliphatic heterocycles. The van der Waals surface area contributed by atoms with E-state index in [0.717, 1.165) is 0 Å². The van der Waals surface area contributed by atoms with Crippen LogP contribution in [-0.2, 0) is 9.47 Å². The minimum Gasteiger partial charge on any atom is -0.465 e. The molecular weight excluding hydrogens is 210 g/mol. The Kier molecular flexibility index (Phi) is 3.77. The first-order valence-corrected chi connectivity index (χ1v) is 4.44. The zero-order valence-corrected chi connectivity index (χ0v) is 9.02. The van der Waals surface area contributed by atoms with Gasteiger partial charge < -0.3 is 9.47 Å². The third-order valence-electron chi connectivity index (χ3n) is 1.91. The van der Waals surface area contributed by atoms with E-state index in [1.54, 1.807) is 6.07 Å². The van der Waals surface area contributed by atoms with Gasteiger partial charge in [-0.3, -0.25) is 0 Å². The van der Waals surface area contributed by atoms with Gasteiger partial charge in [0.1, 0.15) is 0 Å². The maximum Gasteiger partial charge on any atom is 0.357 e. The predicted octanol–water partition coefficient (Wildman–Crippen LogP) is 1.30. The SMILES string of the molecule is C=Cc1ccc(C(=O)OC)c(C(=O)OC)n1. The molecule has 1 aromatic heterocycles. The number of esters is 2. The summed E-state index contributed by atoms with van der Waals surface area (Å²) in [5.74, 6) is -1.33. The molecule has 5 heteroatoms. The average molecular weight is 221 g/mol. The van der Waals surface area contributed by atoms with Gasteiger partial charge in [0.25, 0.3) is 0 Å². The lowest BCUT2D eigenvalue weighted by molar-refractivity contribution is 0.0549. The number of carbonyl (C=O) groups excluding carboxylic acids is 2. The Balaban J connectivity index is 3.32. The molecule has 0 atom stereocenters. The topological polar surface area (TPSA) is 65.5 Å². The Labute approximate surface area is 92.7 Å². The van der Waals surface area contributed by atoms with Crippen molar-refractivity contribution in [2.24, 2.45) is 0 Å². The van der Waals surface area contributed by atoms with E-state index >= 15 is 0 Å². The molecule has 0 N–H and O–H groups in total. The van der Waals surface area contributed by atoms with E-state index < -0.39 is 11.9 Å². The van der Waals surface area contributed by atoms with Gasteiger partial charge in [0, 0.05) is 0 Å². The minimum absolute atomic E-state index is 0.0694. The van der Waals surface area contributed by atoms with Crippen molar-refractivity contribution in [3.8, 4) is 0 Å². The van der Waals surface area contributed by atoms with Crippen LogP contribution in [0.4, 0.5) is 0 Å². The van der Waals surface area contributed by atoms with Gasteiger partial charge in [0.15, 0.2) is 5.69 Å². The van der Waals surface area contributed by atoms with Crippen molar-refractivity contribution in [1.82, 2.24) is 4.98 Å². The van der Waals surface area contributed by atoms with Crippen molar-refractivity contribution in [3.05, 3.63) is 35.7 Å². The number of ether oxygens (including phenoxy) is 2. The molecule has 0 saturated carbocycles. The Morgan fingerprint density at radius 1 is 1.25 bits per heavy atom. The molecule has 0 amide bonds. The summed E-state index contributed by atoms with van der Waals surface area (Å²) in [7, 11) is 2.44. The lowest BCUT2D eigenvalue weighted by atomic mass is 10.1. The molecule has 0 aliphatic rings. The molecule has 0 fully saturated rings. The van der Waals surface area contributed by atoms with Crippen LogP contribution < -0.4 is 0 Å². The van der Waals surface area contributed by atoms with Crippen LogP contribution in [0.1, 0.15) is 26.5 Å². The van der Waals surface area contributed by atoms with Gasteiger partial charge in [-0.05, 0) is 18.2 Å². The summed E-state index contributed by atoms with van der Waals surface area (Å²) in [5, 5.41) is 0. The molecule has 1 rings (SSSR count). The molecule has 0 radical (unpaired) electrons. The van der Waals surface area contributed by atoms with Crippen LogP contribution in [-0.4, -0.2) is 31.1 Å². The smallest absolute Gasteiger partial charge is 0.357 e. The fourth-order valence-electron chi connectivity index (χ4n) is 1.11. The largest absolute Gasteiger partial charge is 0.465 e. The molecule has 0 saturated heterocycles. The van der Waals surface area contributed by atoms with Gasteiger partial charge in [0.05, 0.1) is 25.5 Å². The summed E-state index contributed by atoms with van der Waals surface area (Å²) in [6.45, 7) is 3.52. The zero-order valence-electron chi connectivity index (χ0n) is 9.02. The number of hydrogen-bond acceptors (Lipinski definition) is 5. The van der Waals surface area contributed by atoms with E-state index in [9.17, 15) is 9.59 Å². The molecule has 0 unspecified atom stereocenters. The second kappa shape index (κ2) is 5.06. The highest BCUT2D eigenvalue weighted by Crippen LogP contribution is 2.11. The van der Waals surface area contributed by atoms with Gasteiger partial charge >= 0.3 is 11.9 Å². The Morgan fingerprint density at radius 2 is 1.88 bits per heavy atom. The van der Waals surface area contributed by atoms with E-state index in [4.69, 9.17) is 0 Å². The zero-order chi connectivity index (χ0) is 12.1. The third kappa shape index (κ3) is 2.25. The maximum atomic E-state index is 11.4. The van der Waals surface area contributed by atoms with Crippen molar-refractivity contribution in [2.45, 2.75) is 0 Å². The number of carbonyl (C=O) groups is 2. The fourth-order valence-corrected chi connectivity index (χ4v) is 1.11. The molecule has 16 heavy (non-hydrogen) atoms. The highest BCUT2D eigenvalue weighted by atomic mass is 16.5. The first-order valence-electron chi connectivity index (χ1n) is 4.44. The molecule has 5 nitrogen and oxygen atoms in total. The number of pyridine rings is 1. The summed E-state index contributed by atoms with van der Waals surface area (Å²) in [5.41, 5.74) is 0.472. The van der Waals surface area contributed by atoms with E-state index in [1.165, 1.54) is 26.4 Å². The van der Waals surface area contributed by atoms with Crippen molar-refractivity contribution >= 4 is 18.0 Å². The van der Waals surface area contributed by atoms with Crippen molar-refractivity contribution in [3.63, 3.8) is 0 Å². The second-order valence-electron chi connectivity index (χ2n) is 2.82. The summed E-state index contributed by atoms with van der Waals surface area (Å²) in [4.78, 5) is 26.7. The van der Waals surface area contributed by atoms with Crippen LogP contribution in [0.15, 0.2) is 18.7 Å². The van der Waals surface area contributed by atoms with E-state index in [-0.39, 0.29) is 11.3 Å². The number of hydrogen-bond donors (Lipinski definition) is 0. The van der Waals surface area contributed by atoms with Crippen LogP contribution >= 0.6 is 0 Å². The molecule has 1 aromatic rings. The van der Waals surface area contributed by atoms with Crippen LogP contribution in [0.5, 0.6) is 0 Å². The fraction of sp³-hybridized carbons (Fsp3) is 0.182. The minimum atomic E-state index is -0.691. The standard InChI is InChI=1S/C11H11NO4/c1-4-7-5-6-8(10(13)15-2)9(12-7)11(14)16-3/h4-6H,1H2,2-3H3. The summed E-state index contributed by atoms with van der Waals surface area (Å²) in [6.07, 6.45) is 1.47. The Morgan fingerprint density at radius 3 is 2.38 bits per heavy atom. The first kappa shape index (κ1) is 11.9. The summed E-state index contributed by atoms with van der Waals surface area (Å²) < 4.78 is 9.06. The second-order valence-corrected chi connectivity index (χ2v) is 2.82. The Bertz CT molecular complexity index is 440. The van der Waals surface area contributed by atoms with E-state index in [0.29, 0.717) is 5.69 Å². The highest BCUT2D eigenvalue weighted by molar-refractivity contribution is 6.01. The summed E-state index contributed by atoms with van der Waals surface area (Å²) >= 11 is 0. The van der Waals surface area contributed by atoms with Crippen molar-refractivity contribution in [1.29, 1.82) is 0 Å². The lowest BCUT2D eigenvalue weighted by Crippen LogP contribution is -2.14. The van der Waals surface area contributed by atoms with Gasteiger partial charge in [-0.15, -0.1) is 0 Å². The number of nitrogens with zero attached hydrogens (tertiary/aromatic N) is 1. The normalized spacial score (nSPS) is 9.38. The molecule has 1 heterocycles. The van der Waals surface area contributed by atoms with Crippen LogP contribution in [0, 0.1) is 0 Å². The third-order valence-corrected chi connectivity index (χ3v) is 1.91. The highest BCUT2D eigenvalue weighted by Gasteiger charge is 2.20. The van der Waals surface area contributed by atoms with Gasteiger partial charge in [0.2, 0.25) is 0 Å². The molecule has 0 aliphatic carbocycles. The molecule has 0 aromatic carbocycles. The summed E-state index contributed by atoms with van der Waals surface area (Å²) in [6, 6.07) is 3.01. The Hall–Kier alpha value is -2.17. The maximum absolute atomic E-state index is 11.4. The monoisotopic (exact) mass is 221 g/mol. The quantitative estimate of drug-likeness (QED) is 0.720. The van der Waals surface area contributed by atoms with Gasteiger partial charge in [-0.1, -0.05) is 6.58 Å². The van der Waals surface area contributed by atoms with Gasteiger partial charge in [-0.25, -0.2) is 14.6 Å². The molecule has 84 valence electrons. The molecule has 0 spiro atoms. The van der Waals surface area contributed by atoms with Crippen molar-refractivity contribution in [2.75, 3.05) is 14.2 Å². The van der Waals surface area contributed by atoms with Crippen LogP contribution in [0.3, 0.4) is 0 Å². The number of aromatic nitrogens is 1. The van der Waals surface area contributed by atoms with Crippen molar-refractivity contribution < 1.29 is 19.1 Å². The van der Waals surface area contributed by atoms with E-state index in [2.05, 4.69) is 21.0 Å². The molecular formula is C11H11NO4. The van der Waals surface area contributed by atoms with E-state index in [1.807, 2.05) is 0 Å². The lowest BCUT2D eigenvalue weighted by Gasteiger charge is -2.05. The number of methoxy groups -OCH3 is 2. The van der Waals surface area contributed by atoms with Crippen LogP contribution in [0.2, 0.25) is 0 Å². The van der Waals surface area contributed by atoms with Crippen LogP contribution in [0.25, 0.3) is 6.08 Å². The first-order chi connectivity index (χ1) is 7.63. The van der Waals surface area contributed by atoms with Gasteiger partial charge in [-0.2, -0.15) is 0 Å². The predicted molar refractivity (Wildman–Crippen MR) is 57.0 cm³/mol. The average Bonchev–Trinajstić information content (AvgIpc) is 2.36. The number of rotatable bonds is 3. The molecule has 0 bridgehead atoms.